The van der Waals surface area contributed by atoms with E-state index in [-0.39, 0.29) is 5.69 Å². The summed E-state index contributed by atoms with van der Waals surface area (Å²) in [6.45, 7) is 2.21. The Kier molecular flexibility index (Phi) is 5.96. The molecular weight excluding hydrogens is 408 g/mol. The van der Waals surface area contributed by atoms with Crippen molar-refractivity contribution < 1.29 is 13.2 Å². The second-order valence-corrected chi connectivity index (χ2v) is 9.27. The van der Waals surface area contributed by atoms with E-state index in [0.717, 1.165) is 17.5 Å². The van der Waals surface area contributed by atoms with Gasteiger partial charge >= 0.3 is 0 Å². The number of carbonyl (C=O) groups is 1. The maximum Gasteiger partial charge on any atom is 0.284 e. The first-order valence-corrected chi connectivity index (χ1v) is 11.3. The van der Waals surface area contributed by atoms with Crippen molar-refractivity contribution in [3.05, 3.63) is 76.3 Å². The minimum Gasteiger partial charge on any atom is -0.313 e. The molecular formula is C20H18N4O3S2. The van der Waals surface area contributed by atoms with E-state index in [2.05, 4.69) is 11.1 Å². The van der Waals surface area contributed by atoms with Crippen molar-refractivity contribution in [2.45, 2.75) is 13.5 Å². The lowest BCUT2D eigenvalue weighted by Gasteiger charge is -2.22. The number of amides is 1. The Morgan fingerprint density at radius 1 is 1.17 bits per heavy atom. The third-order valence-corrected chi connectivity index (χ3v) is 5.55. The second-order valence-electron chi connectivity index (χ2n) is 6.34. The van der Waals surface area contributed by atoms with E-state index < -0.39 is 15.9 Å². The van der Waals surface area contributed by atoms with E-state index in [4.69, 9.17) is 5.26 Å². The van der Waals surface area contributed by atoms with Gasteiger partial charge in [0, 0.05) is 10.6 Å². The van der Waals surface area contributed by atoms with Crippen LogP contribution in [0.5, 0.6) is 0 Å². The highest BCUT2D eigenvalue weighted by atomic mass is 32.2. The lowest BCUT2D eigenvalue weighted by molar-refractivity contribution is 0.0977. The third-order valence-electron chi connectivity index (χ3n) is 4.00. The van der Waals surface area contributed by atoms with Crippen LogP contribution in [0.25, 0.3) is 0 Å². The number of anilines is 2. The minimum absolute atomic E-state index is 0.0714. The number of nitriles is 1. The normalized spacial score (nSPS) is 10.9. The van der Waals surface area contributed by atoms with Crippen molar-refractivity contribution in [2.75, 3.05) is 11.2 Å². The average Bonchev–Trinajstić information content (AvgIpc) is 3.07. The molecule has 0 unspecified atom stereocenters. The summed E-state index contributed by atoms with van der Waals surface area (Å²) in [7, 11) is -3.69. The van der Waals surface area contributed by atoms with Gasteiger partial charge in [0.25, 0.3) is 5.91 Å². The van der Waals surface area contributed by atoms with Gasteiger partial charge in [0.2, 0.25) is 10.0 Å². The van der Waals surface area contributed by atoms with Crippen molar-refractivity contribution in [2.24, 2.45) is 0 Å². The van der Waals surface area contributed by atoms with Crippen LogP contribution in [0.15, 0.2) is 54.6 Å². The van der Waals surface area contributed by atoms with Crippen LogP contribution in [0, 0.1) is 18.3 Å². The molecule has 0 aliphatic rings. The first kappa shape index (κ1) is 20.5. The molecule has 0 radical (unpaired) electrons. The van der Waals surface area contributed by atoms with Gasteiger partial charge in [-0.1, -0.05) is 30.3 Å². The van der Waals surface area contributed by atoms with E-state index >= 15 is 0 Å². The molecule has 0 aliphatic heterocycles. The zero-order valence-corrected chi connectivity index (χ0v) is 17.4. The molecule has 29 heavy (non-hydrogen) atoms. The average molecular weight is 427 g/mol. The molecule has 2 aromatic carbocycles. The van der Waals surface area contributed by atoms with E-state index in [0.29, 0.717) is 22.1 Å². The Bertz CT molecular complexity index is 1160. The van der Waals surface area contributed by atoms with Crippen LogP contribution in [0.1, 0.15) is 26.5 Å². The summed E-state index contributed by atoms with van der Waals surface area (Å²) in [5, 5.41) is 9.60. The lowest BCUT2D eigenvalue weighted by Crippen LogP contribution is -2.30. The summed E-state index contributed by atoms with van der Waals surface area (Å²) in [5.41, 5.74) is 2.45. The van der Waals surface area contributed by atoms with Gasteiger partial charge in [-0.2, -0.15) is 5.26 Å². The fourth-order valence-corrected chi connectivity index (χ4v) is 4.04. The molecule has 1 heterocycles. The molecule has 0 saturated carbocycles. The van der Waals surface area contributed by atoms with E-state index in [1.165, 1.54) is 11.3 Å². The molecule has 148 valence electrons. The Morgan fingerprint density at radius 3 is 2.41 bits per heavy atom. The SMILES string of the molecule is Cc1sc(N(Cc2ccccc2)c2ccc(C#N)cc2)nc1C(=O)NS(C)(=O)=O. The van der Waals surface area contributed by atoms with Crippen LogP contribution in [-0.2, 0) is 16.6 Å². The maximum atomic E-state index is 12.3. The van der Waals surface area contributed by atoms with E-state index in [9.17, 15) is 13.2 Å². The molecule has 3 rings (SSSR count). The van der Waals surface area contributed by atoms with Gasteiger partial charge in [0.05, 0.1) is 24.4 Å². The quantitative estimate of drug-likeness (QED) is 0.648. The van der Waals surface area contributed by atoms with Crippen LogP contribution in [0.3, 0.4) is 0 Å². The Morgan fingerprint density at radius 2 is 1.83 bits per heavy atom. The Labute approximate surface area is 173 Å². The van der Waals surface area contributed by atoms with Gasteiger partial charge in [0.1, 0.15) is 5.69 Å². The first-order valence-electron chi connectivity index (χ1n) is 8.58. The molecule has 3 aromatic rings. The number of hydrogen-bond donors (Lipinski definition) is 1. The summed E-state index contributed by atoms with van der Waals surface area (Å²) in [6.07, 6.45) is 0.923. The predicted molar refractivity (Wildman–Crippen MR) is 113 cm³/mol. The van der Waals surface area contributed by atoms with E-state index in [1.54, 1.807) is 19.1 Å². The number of carbonyl (C=O) groups excluding carboxylic acids is 1. The fourth-order valence-electron chi connectivity index (χ4n) is 2.68. The van der Waals surface area contributed by atoms with Crippen molar-refractivity contribution in [1.82, 2.24) is 9.71 Å². The standard InChI is InChI=1S/C20H18N4O3S2/c1-14-18(19(25)23-29(2,26)27)22-20(28-14)24(13-16-6-4-3-5-7-16)17-10-8-15(12-21)9-11-17/h3-11H,13H2,1-2H3,(H,23,25). The maximum absolute atomic E-state index is 12.3. The Balaban J connectivity index is 2.00. The summed E-state index contributed by atoms with van der Waals surface area (Å²) in [5.74, 6) is -0.757. The fraction of sp³-hybridized carbons (Fsp3) is 0.150. The molecule has 0 fully saturated rings. The van der Waals surface area contributed by atoms with Gasteiger partial charge in [-0.15, -0.1) is 11.3 Å². The number of aryl methyl sites for hydroxylation is 1. The smallest absolute Gasteiger partial charge is 0.284 e. The molecule has 1 N–H and O–H groups in total. The van der Waals surface area contributed by atoms with E-state index in [1.807, 2.05) is 52.1 Å². The summed E-state index contributed by atoms with van der Waals surface area (Å²) in [4.78, 5) is 19.2. The third kappa shape index (κ3) is 5.19. The van der Waals surface area contributed by atoms with Crippen LogP contribution in [0.2, 0.25) is 0 Å². The van der Waals surface area contributed by atoms with Crippen molar-refractivity contribution >= 4 is 38.1 Å². The molecule has 1 aromatic heterocycles. The summed E-state index contributed by atoms with van der Waals surface area (Å²) in [6, 6.07) is 18.9. The molecule has 0 atom stereocenters. The zero-order valence-electron chi connectivity index (χ0n) is 15.8. The number of thiazole rings is 1. The number of sulfonamides is 1. The van der Waals surface area contributed by atoms with Gasteiger partial charge in [-0.3, -0.25) is 4.79 Å². The molecule has 0 spiro atoms. The first-order chi connectivity index (χ1) is 13.8. The molecule has 0 aliphatic carbocycles. The molecule has 1 amide bonds. The van der Waals surface area contributed by atoms with Crippen molar-refractivity contribution in [1.29, 1.82) is 5.26 Å². The molecule has 0 bridgehead atoms. The number of hydrogen-bond acceptors (Lipinski definition) is 7. The zero-order chi connectivity index (χ0) is 21.0. The van der Waals surface area contributed by atoms with Gasteiger partial charge in [-0.25, -0.2) is 18.1 Å². The summed E-state index contributed by atoms with van der Waals surface area (Å²) >= 11 is 1.29. The number of aromatic nitrogens is 1. The van der Waals surface area contributed by atoms with Crippen LogP contribution in [0.4, 0.5) is 10.8 Å². The van der Waals surface area contributed by atoms with Crippen LogP contribution in [-0.4, -0.2) is 25.6 Å². The predicted octanol–water partition coefficient (Wildman–Crippen LogP) is 3.35. The largest absolute Gasteiger partial charge is 0.313 e. The minimum atomic E-state index is -3.69. The van der Waals surface area contributed by atoms with Crippen LogP contribution < -0.4 is 9.62 Å². The second kappa shape index (κ2) is 8.43. The lowest BCUT2D eigenvalue weighted by atomic mass is 10.2. The number of nitrogens with zero attached hydrogens (tertiary/aromatic N) is 3. The van der Waals surface area contributed by atoms with Crippen molar-refractivity contribution in [3.8, 4) is 6.07 Å². The topological polar surface area (TPSA) is 103 Å². The summed E-state index contributed by atoms with van der Waals surface area (Å²) < 4.78 is 24.7. The molecule has 9 heteroatoms. The van der Waals surface area contributed by atoms with Gasteiger partial charge < -0.3 is 4.90 Å². The van der Waals surface area contributed by atoms with Crippen molar-refractivity contribution in [3.63, 3.8) is 0 Å². The molecule has 7 nitrogen and oxygen atoms in total. The Hall–Kier alpha value is -3.22. The highest BCUT2D eigenvalue weighted by Crippen LogP contribution is 2.33. The number of nitrogens with one attached hydrogen (secondary N) is 1. The highest BCUT2D eigenvalue weighted by Gasteiger charge is 2.22. The van der Waals surface area contributed by atoms with Gasteiger partial charge in [-0.05, 0) is 36.8 Å². The highest BCUT2D eigenvalue weighted by molar-refractivity contribution is 7.89. The molecule has 0 saturated heterocycles. The van der Waals surface area contributed by atoms with Crippen LogP contribution >= 0.6 is 11.3 Å². The monoisotopic (exact) mass is 426 g/mol. The number of benzene rings is 2. The van der Waals surface area contributed by atoms with Gasteiger partial charge in [0.15, 0.2) is 5.13 Å². The number of rotatable bonds is 6.